The first-order valence-corrected chi connectivity index (χ1v) is 3.93. The average molecular weight is 179 g/mol. The number of hydrogen-bond acceptors (Lipinski definition) is 5. The number of aromatic nitrogens is 4. The smallest absolute Gasteiger partial charge is 0.225 e. The molecule has 3 N–H and O–H groups in total. The molecular weight excluding hydrogens is 170 g/mol. The Hall–Kier alpha value is -1.85. The van der Waals surface area contributed by atoms with Crippen LogP contribution in [-0.2, 0) is 6.42 Å². The number of aromatic amines is 1. The molecule has 0 saturated carbocycles. The van der Waals surface area contributed by atoms with Crippen LogP contribution >= 0.6 is 0 Å². The van der Waals surface area contributed by atoms with Gasteiger partial charge in [-0.1, -0.05) is 12.1 Å². The Morgan fingerprint density at radius 3 is 3.08 bits per heavy atom. The van der Waals surface area contributed by atoms with Crippen LogP contribution in [0.3, 0.4) is 0 Å². The molecule has 6 heteroatoms. The van der Waals surface area contributed by atoms with Crippen LogP contribution < -0.4 is 5.73 Å². The van der Waals surface area contributed by atoms with Crippen molar-refractivity contribution >= 4 is 5.88 Å². The van der Waals surface area contributed by atoms with E-state index in [9.17, 15) is 0 Å². The van der Waals surface area contributed by atoms with Crippen molar-refractivity contribution in [3.63, 3.8) is 0 Å². The maximum absolute atomic E-state index is 5.57. The average Bonchev–Trinajstić information content (AvgIpc) is 2.71. The minimum Gasteiger partial charge on any atom is -0.367 e. The Balaban J connectivity index is 2.52. The van der Waals surface area contributed by atoms with Gasteiger partial charge in [-0.05, 0) is 6.42 Å². The number of nitrogens with one attached hydrogen (secondary N) is 1. The largest absolute Gasteiger partial charge is 0.367 e. The molecule has 0 aliphatic carbocycles. The van der Waals surface area contributed by atoms with E-state index in [1.165, 1.54) is 0 Å². The molecule has 0 amide bonds. The summed E-state index contributed by atoms with van der Waals surface area (Å²) in [7, 11) is 0. The normalized spacial score (nSPS) is 10.5. The summed E-state index contributed by atoms with van der Waals surface area (Å²) in [5, 5.41) is 13.9. The fourth-order valence-electron chi connectivity index (χ4n) is 1.18. The fourth-order valence-corrected chi connectivity index (χ4v) is 1.18. The Morgan fingerprint density at radius 1 is 1.62 bits per heavy atom. The molecule has 6 nitrogen and oxygen atoms in total. The van der Waals surface area contributed by atoms with Gasteiger partial charge in [-0.2, -0.15) is 15.4 Å². The molecule has 0 aliphatic heterocycles. The van der Waals surface area contributed by atoms with Gasteiger partial charge in [-0.3, -0.25) is 0 Å². The maximum Gasteiger partial charge on any atom is 0.225 e. The van der Waals surface area contributed by atoms with E-state index in [0.717, 1.165) is 12.0 Å². The molecule has 0 saturated heterocycles. The van der Waals surface area contributed by atoms with Crippen LogP contribution in [0.5, 0.6) is 0 Å². The van der Waals surface area contributed by atoms with Gasteiger partial charge in [0.2, 0.25) is 5.88 Å². The van der Waals surface area contributed by atoms with E-state index in [1.807, 2.05) is 6.92 Å². The van der Waals surface area contributed by atoms with Crippen LogP contribution in [0.15, 0.2) is 10.7 Å². The van der Waals surface area contributed by atoms with E-state index < -0.39 is 0 Å². The van der Waals surface area contributed by atoms with E-state index in [1.54, 1.807) is 6.20 Å². The number of anilines is 1. The summed E-state index contributed by atoms with van der Waals surface area (Å²) < 4.78 is 4.86. The third-order valence-electron chi connectivity index (χ3n) is 1.83. The Bertz CT molecular complexity index is 391. The van der Waals surface area contributed by atoms with Crippen LogP contribution in [0, 0.1) is 0 Å². The van der Waals surface area contributed by atoms with Crippen molar-refractivity contribution in [1.82, 2.24) is 20.6 Å². The third kappa shape index (κ3) is 1.16. The van der Waals surface area contributed by atoms with Gasteiger partial charge in [0.1, 0.15) is 11.4 Å². The second-order valence-electron chi connectivity index (χ2n) is 2.58. The second kappa shape index (κ2) is 2.89. The molecule has 0 fully saturated rings. The van der Waals surface area contributed by atoms with Gasteiger partial charge < -0.3 is 10.3 Å². The van der Waals surface area contributed by atoms with Gasteiger partial charge in [-0.25, -0.2) is 0 Å². The van der Waals surface area contributed by atoms with Crippen molar-refractivity contribution < 1.29 is 4.52 Å². The lowest BCUT2D eigenvalue weighted by Gasteiger charge is -1.92. The Morgan fingerprint density at radius 2 is 2.46 bits per heavy atom. The number of hydrogen-bond donors (Lipinski definition) is 2. The maximum atomic E-state index is 5.57. The first kappa shape index (κ1) is 7.78. The van der Waals surface area contributed by atoms with Gasteiger partial charge in [0.15, 0.2) is 0 Å². The second-order valence-corrected chi connectivity index (χ2v) is 2.58. The molecule has 0 aliphatic rings. The molecular formula is C7H9N5O. The van der Waals surface area contributed by atoms with Crippen molar-refractivity contribution in [2.45, 2.75) is 13.3 Å². The van der Waals surface area contributed by atoms with Crippen LogP contribution in [0.25, 0.3) is 11.4 Å². The summed E-state index contributed by atoms with van der Waals surface area (Å²) >= 11 is 0. The van der Waals surface area contributed by atoms with Gasteiger partial charge in [0.05, 0.1) is 6.20 Å². The zero-order valence-corrected chi connectivity index (χ0v) is 7.11. The molecule has 0 radical (unpaired) electrons. The minimum absolute atomic E-state index is 0.348. The number of nitrogen functional groups attached to an aromatic ring is 1. The number of rotatable bonds is 2. The van der Waals surface area contributed by atoms with Gasteiger partial charge >= 0.3 is 0 Å². The summed E-state index contributed by atoms with van der Waals surface area (Å²) in [4.78, 5) is 0. The molecule has 0 spiro atoms. The van der Waals surface area contributed by atoms with Crippen molar-refractivity contribution in [3.8, 4) is 11.4 Å². The first-order chi connectivity index (χ1) is 6.33. The van der Waals surface area contributed by atoms with Crippen molar-refractivity contribution in [1.29, 1.82) is 0 Å². The molecule has 0 atom stereocenters. The lowest BCUT2D eigenvalue weighted by atomic mass is 10.1. The molecule has 2 rings (SSSR count). The van der Waals surface area contributed by atoms with Crippen LogP contribution in [0.4, 0.5) is 5.88 Å². The molecule has 0 unspecified atom stereocenters. The summed E-state index contributed by atoms with van der Waals surface area (Å²) in [6.07, 6.45) is 2.34. The van der Waals surface area contributed by atoms with Crippen molar-refractivity contribution in [2.24, 2.45) is 0 Å². The molecule has 68 valence electrons. The van der Waals surface area contributed by atoms with E-state index in [2.05, 4.69) is 20.6 Å². The van der Waals surface area contributed by atoms with Gasteiger partial charge in [0.25, 0.3) is 0 Å². The Labute approximate surface area is 74.1 Å². The number of nitrogens with zero attached hydrogens (tertiary/aromatic N) is 3. The van der Waals surface area contributed by atoms with E-state index in [-0.39, 0.29) is 0 Å². The molecule has 2 heterocycles. The standard InChI is InChI=1S/C7H9N5O/c1-2-4-6(11-13-7(4)8)5-3-9-12-10-5/h3H,2,8H2,1H3,(H,9,10,12). The molecule has 0 bridgehead atoms. The first-order valence-electron chi connectivity index (χ1n) is 3.93. The summed E-state index contributed by atoms with van der Waals surface area (Å²) in [5.41, 5.74) is 7.75. The highest BCUT2D eigenvalue weighted by molar-refractivity contribution is 5.62. The number of nitrogens with two attached hydrogens (primary N) is 1. The van der Waals surface area contributed by atoms with Crippen LogP contribution in [0.1, 0.15) is 12.5 Å². The topological polar surface area (TPSA) is 93.6 Å². The lowest BCUT2D eigenvalue weighted by Crippen LogP contribution is -1.89. The zero-order valence-electron chi connectivity index (χ0n) is 7.11. The van der Waals surface area contributed by atoms with Gasteiger partial charge in [-0.15, -0.1) is 0 Å². The molecule has 2 aromatic rings. The van der Waals surface area contributed by atoms with Crippen molar-refractivity contribution in [3.05, 3.63) is 11.8 Å². The molecule has 0 aromatic carbocycles. The molecule has 13 heavy (non-hydrogen) atoms. The lowest BCUT2D eigenvalue weighted by molar-refractivity contribution is 0.438. The fraction of sp³-hybridized carbons (Fsp3) is 0.286. The van der Waals surface area contributed by atoms with Crippen LogP contribution in [0.2, 0.25) is 0 Å². The summed E-state index contributed by atoms with van der Waals surface area (Å²) in [5.74, 6) is 0.348. The highest BCUT2D eigenvalue weighted by Crippen LogP contribution is 2.24. The predicted molar refractivity (Wildman–Crippen MR) is 45.7 cm³/mol. The highest BCUT2D eigenvalue weighted by atomic mass is 16.5. The number of H-pyrrole nitrogens is 1. The zero-order chi connectivity index (χ0) is 9.26. The predicted octanol–water partition coefficient (Wildman–Crippen LogP) is 0.604. The van der Waals surface area contributed by atoms with E-state index in [4.69, 9.17) is 10.3 Å². The highest BCUT2D eigenvalue weighted by Gasteiger charge is 2.15. The van der Waals surface area contributed by atoms with Crippen LogP contribution in [-0.4, -0.2) is 20.6 Å². The SMILES string of the molecule is CCc1c(-c2cn[nH]n2)noc1N. The minimum atomic E-state index is 0.348. The monoisotopic (exact) mass is 179 g/mol. The summed E-state index contributed by atoms with van der Waals surface area (Å²) in [6.45, 7) is 1.98. The quantitative estimate of drug-likeness (QED) is 0.704. The van der Waals surface area contributed by atoms with Crippen molar-refractivity contribution in [2.75, 3.05) is 5.73 Å². The Kier molecular flexibility index (Phi) is 1.73. The van der Waals surface area contributed by atoms with Gasteiger partial charge in [0, 0.05) is 5.56 Å². The van der Waals surface area contributed by atoms with E-state index in [0.29, 0.717) is 17.3 Å². The third-order valence-corrected chi connectivity index (χ3v) is 1.83. The summed E-state index contributed by atoms with van der Waals surface area (Å²) in [6, 6.07) is 0. The van der Waals surface area contributed by atoms with E-state index >= 15 is 0 Å². The molecule has 2 aromatic heterocycles.